The number of amides is 1. The molecular weight excluding hydrogens is 446 g/mol. The Labute approximate surface area is 183 Å². The van der Waals surface area contributed by atoms with Crippen LogP contribution in [0.3, 0.4) is 0 Å². The first-order chi connectivity index (χ1) is 14.6. The van der Waals surface area contributed by atoms with Gasteiger partial charge in [-0.3, -0.25) is 9.59 Å². The summed E-state index contributed by atoms with van der Waals surface area (Å²) in [5.41, 5.74) is 1.72. The molecule has 0 unspecified atom stereocenters. The van der Waals surface area contributed by atoms with Crippen molar-refractivity contribution in [1.29, 1.82) is 0 Å². The van der Waals surface area contributed by atoms with Gasteiger partial charge in [-0.15, -0.1) is 0 Å². The fourth-order valence-electron chi connectivity index (χ4n) is 3.76. The number of halogens is 1. The minimum atomic E-state index is -0.528. The third-order valence-electron chi connectivity index (χ3n) is 5.33. The standard InChI is InChI=1S/C23H22BrN3O3/c24-19-8-4-7-18(15-19)23(11-13-30-14-12-23)25-21(28)16-27-22(29)10-9-20(26-27)17-5-2-1-3-6-17/h1-10,15H,11-14,16H2,(H,25,28). The topological polar surface area (TPSA) is 73.2 Å². The Hall–Kier alpha value is -2.77. The van der Waals surface area contributed by atoms with Crippen LogP contribution < -0.4 is 10.9 Å². The van der Waals surface area contributed by atoms with E-state index in [1.54, 1.807) is 6.07 Å². The molecule has 6 nitrogen and oxygen atoms in total. The quantitative estimate of drug-likeness (QED) is 0.623. The van der Waals surface area contributed by atoms with E-state index in [4.69, 9.17) is 4.74 Å². The number of benzene rings is 2. The number of nitrogens with one attached hydrogen (secondary N) is 1. The Balaban J connectivity index is 1.58. The minimum absolute atomic E-state index is 0.143. The van der Waals surface area contributed by atoms with E-state index in [-0.39, 0.29) is 18.0 Å². The van der Waals surface area contributed by atoms with Crippen molar-refractivity contribution in [3.63, 3.8) is 0 Å². The molecule has 0 atom stereocenters. The van der Waals surface area contributed by atoms with Crippen molar-refractivity contribution in [2.24, 2.45) is 0 Å². The van der Waals surface area contributed by atoms with Crippen LogP contribution in [0.4, 0.5) is 0 Å². The SMILES string of the molecule is O=C(Cn1nc(-c2ccccc2)ccc1=O)NC1(c2cccc(Br)c2)CCOCC1. The fourth-order valence-corrected chi connectivity index (χ4v) is 4.16. The van der Waals surface area contributed by atoms with Crippen molar-refractivity contribution in [1.82, 2.24) is 15.1 Å². The van der Waals surface area contributed by atoms with Crippen molar-refractivity contribution in [3.05, 3.63) is 87.1 Å². The molecule has 0 radical (unpaired) electrons. The minimum Gasteiger partial charge on any atom is -0.381 e. The molecule has 0 aliphatic carbocycles. The average Bonchev–Trinajstić information content (AvgIpc) is 2.76. The molecule has 1 aliphatic heterocycles. The van der Waals surface area contributed by atoms with Crippen LogP contribution >= 0.6 is 15.9 Å². The zero-order valence-electron chi connectivity index (χ0n) is 16.4. The third kappa shape index (κ3) is 4.52. The Bertz CT molecular complexity index is 1090. The summed E-state index contributed by atoms with van der Waals surface area (Å²) in [5, 5.41) is 7.57. The summed E-state index contributed by atoms with van der Waals surface area (Å²) in [4.78, 5) is 25.3. The van der Waals surface area contributed by atoms with E-state index in [0.717, 1.165) is 15.6 Å². The van der Waals surface area contributed by atoms with Crippen LogP contribution in [0.1, 0.15) is 18.4 Å². The molecule has 3 aromatic rings. The van der Waals surface area contributed by atoms with Crippen LogP contribution in [-0.4, -0.2) is 28.9 Å². The maximum Gasteiger partial charge on any atom is 0.267 e. The number of carbonyl (C=O) groups is 1. The first-order valence-corrected chi connectivity index (χ1v) is 10.6. The van der Waals surface area contributed by atoms with Crippen molar-refractivity contribution in [3.8, 4) is 11.3 Å². The zero-order chi connectivity index (χ0) is 21.0. The van der Waals surface area contributed by atoms with Crippen molar-refractivity contribution in [2.75, 3.05) is 13.2 Å². The Kier molecular flexibility index (Phi) is 6.11. The molecule has 2 heterocycles. The number of aromatic nitrogens is 2. The molecule has 0 saturated carbocycles. The van der Waals surface area contributed by atoms with Gasteiger partial charge in [0.05, 0.1) is 11.2 Å². The molecule has 30 heavy (non-hydrogen) atoms. The molecule has 1 saturated heterocycles. The lowest BCUT2D eigenvalue weighted by atomic mass is 9.82. The molecule has 1 fully saturated rings. The van der Waals surface area contributed by atoms with E-state index in [2.05, 4.69) is 26.3 Å². The third-order valence-corrected chi connectivity index (χ3v) is 5.83. The second-order valence-electron chi connectivity index (χ2n) is 7.33. The number of hydrogen-bond acceptors (Lipinski definition) is 4. The normalized spacial score (nSPS) is 15.5. The predicted molar refractivity (Wildman–Crippen MR) is 118 cm³/mol. The van der Waals surface area contributed by atoms with Gasteiger partial charge in [-0.25, -0.2) is 4.68 Å². The van der Waals surface area contributed by atoms with E-state index in [0.29, 0.717) is 31.7 Å². The van der Waals surface area contributed by atoms with E-state index < -0.39 is 5.54 Å². The monoisotopic (exact) mass is 467 g/mol. The highest BCUT2D eigenvalue weighted by Gasteiger charge is 2.36. The van der Waals surface area contributed by atoms with Crippen molar-refractivity contribution >= 4 is 21.8 Å². The average molecular weight is 468 g/mol. The summed E-state index contributed by atoms with van der Waals surface area (Å²) >= 11 is 3.51. The predicted octanol–water partition coefficient (Wildman–Crippen LogP) is 3.49. The lowest BCUT2D eigenvalue weighted by Crippen LogP contribution is -2.51. The summed E-state index contributed by atoms with van der Waals surface area (Å²) in [5.74, 6) is -0.253. The maximum atomic E-state index is 13.0. The molecule has 4 rings (SSSR count). The Morgan fingerprint density at radius 2 is 1.83 bits per heavy atom. The van der Waals surface area contributed by atoms with Gasteiger partial charge in [-0.2, -0.15) is 5.10 Å². The van der Waals surface area contributed by atoms with Gasteiger partial charge in [0.15, 0.2) is 0 Å². The molecule has 1 amide bonds. The van der Waals surface area contributed by atoms with Gasteiger partial charge in [-0.05, 0) is 36.6 Å². The van der Waals surface area contributed by atoms with E-state index in [1.807, 2.05) is 54.6 Å². The van der Waals surface area contributed by atoms with Gasteiger partial charge >= 0.3 is 0 Å². The molecule has 0 spiro atoms. The van der Waals surface area contributed by atoms with Crippen molar-refractivity contribution < 1.29 is 9.53 Å². The molecule has 7 heteroatoms. The highest BCUT2D eigenvalue weighted by Crippen LogP contribution is 2.33. The fraction of sp³-hybridized carbons (Fsp3) is 0.261. The van der Waals surface area contributed by atoms with E-state index in [1.165, 1.54) is 10.7 Å². The zero-order valence-corrected chi connectivity index (χ0v) is 18.0. The molecule has 154 valence electrons. The van der Waals surface area contributed by atoms with Gasteiger partial charge in [0.25, 0.3) is 5.56 Å². The van der Waals surface area contributed by atoms with Crippen LogP contribution in [-0.2, 0) is 21.6 Å². The summed E-state index contributed by atoms with van der Waals surface area (Å²) in [7, 11) is 0. The first-order valence-electron chi connectivity index (χ1n) is 9.84. The van der Waals surface area contributed by atoms with Gasteiger partial charge in [0, 0.05) is 29.3 Å². The molecule has 0 bridgehead atoms. The molecule has 2 aromatic carbocycles. The lowest BCUT2D eigenvalue weighted by Gasteiger charge is -2.38. The van der Waals surface area contributed by atoms with Gasteiger partial charge in [0.1, 0.15) is 6.54 Å². The van der Waals surface area contributed by atoms with Crippen LogP contribution in [0.5, 0.6) is 0 Å². The Morgan fingerprint density at radius 1 is 1.07 bits per heavy atom. The summed E-state index contributed by atoms with van der Waals surface area (Å²) in [6.07, 6.45) is 1.34. The smallest absolute Gasteiger partial charge is 0.267 e. The van der Waals surface area contributed by atoms with Crippen LogP contribution in [0.15, 0.2) is 76.0 Å². The highest BCUT2D eigenvalue weighted by molar-refractivity contribution is 9.10. The largest absolute Gasteiger partial charge is 0.381 e. The van der Waals surface area contributed by atoms with Gasteiger partial charge in [-0.1, -0.05) is 58.4 Å². The number of carbonyl (C=O) groups excluding carboxylic acids is 1. The maximum absolute atomic E-state index is 13.0. The Morgan fingerprint density at radius 3 is 2.57 bits per heavy atom. The number of rotatable bonds is 5. The number of nitrogens with zero attached hydrogens (tertiary/aromatic N) is 2. The van der Waals surface area contributed by atoms with E-state index >= 15 is 0 Å². The first kappa shape index (κ1) is 20.5. The van der Waals surface area contributed by atoms with Gasteiger partial charge < -0.3 is 10.1 Å². The second kappa shape index (κ2) is 8.93. The van der Waals surface area contributed by atoms with Crippen LogP contribution in [0.2, 0.25) is 0 Å². The summed E-state index contributed by atoms with van der Waals surface area (Å²) in [6.45, 7) is 0.985. The number of ether oxygens (including phenoxy) is 1. The molecule has 1 N–H and O–H groups in total. The summed E-state index contributed by atoms with van der Waals surface area (Å²) < 4.78 is 7.70. The van der Waals surface area contributed by atoms with Crippen molar-refractivity contribution in [2.45, 2.75) is 24.9 Å². The van der Waals surface area contributed by atoms with Crippen LogP contribution in [0.25, 0.3) is 11.3 Å². The molecule has 1 aliphatic rings. The lowest BCUT2D eigenvalue weighted by molar-refractivity contribution is -0.125. The molecule has 1 aromatic heterocycles. The molecular formula is C23H22BrN3O3. The highest BCUT2D eigenvalue weighted by atomic mass is 79.9. The second-order valence-corrected chi connectivity index (χ2v) is 8.25. The summed E-state index contributed by atoms with van der Waals surface area (Å²) in [6, 6.07) is 20.6. The van der Waals surface area contributed by atoms with E-state index in [9.17, 15) is 9.59 Å². The van der Waals surface area contributed by atoms with Gasteiger partial charge in [0.2, 0.25) is 5.91 Å². The van der Waals surface area contributed by atoms with Crippen LogP contribution in [0, 0.1) is 0 Å². The number of hydrogen-bond donors (Lipinski definition) is 1.